The lowest BCUT2D eigenvalue weighted by Gasteiger charge is -2.05. The van der Waals surface area contributed by atoms with Crippen molar-refractivity contribution in [1.29, 1.82) is 0 Å². The lowest BCUT2D eigenvalue weighted by molar-refractivity contribution is -0.137. The fraction of sp³-hybridized carbons (Fsp3) is 0.294. The van der Waals surface area contributed by atoms with E-state index in [9.17, 15) is 4.79 Å². The van der Waals surface area contributed by atoms with Gasteiger partial charge >= 0.3 is 5.97 Å². The van der Waals surface area contributed by atoms with Gasteiger partial charge in [0, 0.05) is 29.3 Å². The van der Waals surface area contributed by atoms with Crippen molar-refractivity contribution in [1.82, 2.24) is 4.98 Å². The summed E-state index contributed by atoms with van der Waals surface area (Å²) in [6.45, 7) is 0. The highest BCUT2D eigenvalue weighted by Crippen LogP contribution is 2.27. The second kappa shape index (κ2) is 8.37. The van der Waals surface area contributed by atoms with Gasteiger partial charge in [0.25, 0.3) is 0 Å². The molecule has 2 heterocycles. The molecule has 2 aromatic heterocycles. The Labute approximate surface area is 129 Å². The summed E-state index contributed by atoms with van der Waals surface area (Å²) in [5.74, 6) is -0.708. The monoisotopic (exact) mass is 301 g/mol. The Bertz CT molecular complexity index is 576. The number of hydrogen-bond donors (Lipinski definition) is 1. The van der Waals surface area contributed by atoms with Gasteiger partial charge in [-0.25, -0.2) is 0 Å². The zero-order valence-electron chi connectivity index (χ0n) is 11.9. The molecule has 0 radical (unpaired) electrons. The third-order valence-corrected chi connectivity index (χ3v) is 4.11. The van der Waals surface area contributed by atoms with E-state index in [4.69, 9.17) is 5.11 Å². The number of allylic oxidation sites excluding steroid dienone is 1. The van der Waals surface area contributed by atoms with Crippen molar-refractivity contribution in [2.75, 3.05) is 0 Å². The number of nitrogens with zero attached hydrogens (tertiary/aromatic N) is 1. The lowest BCUT2D eigenvalue weighted by Crippen LogP contribution is -1.93. The highest BCUT2D eigenvalue weighted by molar-refractivity contribution is 7.11. The Balaban J connectivity index is 1.97. The highest BCUT2D eigenvalue weighted by atomic mass is 32.1. The molecule has 2 rings (SSSR count). The summed E-state index contributed by atoms with van der Waals surface area (Å²) >= 11 is 1.72. The molecule has 0 aliphatic heterocycles. The van der Waals surface area contributed by atoms with Crippen LogP contribution in [0.2, 0.25) is 0 Å². The number of hydrogen-bond acceptors (Lipinski definition) is 3. The summed E-state index contributed by atoms with van der Waals surface area (Å²) in [5.41, 5.74) is 2.35. The van der Waals surface area contributed by atoms with Gasteiger partial charge in [-0.3, -0.25) is 9.78 Å². The minimum Gasteiger partial charge on any atom is -0.481 e. The third kappa shape index (κ3) is 5.16. The van der Waals surface area contributed by atoms with Crippen molar-refractivity contribution in [2.24, 2.45) is 0 Å². The summed E-state index contributed by atoms with van der Waals surface area (Å²) in [4.78, 5) is 15.9. The zero-order valence-corrected chi connectivity index (χ0v) is 12.7. The molecule has 3 nitrogen and oxygen atoms in total. The largest absolute Gasteiger partial charge is 0.481 e. The quantitative estimate of drug-likeness (QED) is 0.724. The Morgan fingerprint density at radius 3 is 2.81 bits per heavy atom. The van der Waals surface area contributed by atoms with E-state index in [1.54, 1.807) is 17.5 Å². The van der Waals surface area contributed by atoms with E-state index >= 15 is 0 Å². The number of thiophene rings is 1. The molecule has 4 heteroatoms. The minimum atomic E-state index is -0.708. The van der Waals surface area contributed by atoms with Gasteiger partial charge in [-0.15, -0.1) is 11.3 Å². The number of rotatable bonds is 8. The summed E-state index contributed by atoms with van der Waals surface area (Å²) in [6.07, 6.45) is 9.85. The Morgan fingerprint density at radius 1 is 1.24 bits per heavy atom. The number of aromatic nitrogens is 1. The first-order valence-electron chi connectivity index (χ1n) is 7.13. The number of pyridine rings is 1. The molecule has 1 N–H and O–H groups in total. The predicted octanol–water partition coefficient (Wildman–Crippen LogP) is 4.61. The van der Waals surface area contributed by atoms with Crippen LogP contribution in [0.15, 0.2) is 48.1 Å². The van der Waals surface area contributed by atoms with Crippen LogP contribution < -0.4 is 0 Å². The number of carboxylic acid groups (broad SMARTS) is 1. The first-order valence-corrected chi connectivity index (χ1v) is 8.01. The number of aliphatic carboxylic acids is 1. The van der Waals surface area contributed by atoms with Crippen molar-refractivity contribution in [3.8, 4) is 0 Å². The van der Waals surface area contributed by atoms with E-state index in [1.165, 1.54) is 10.5 Å². The van der Waals surface area contributed by atoms with Crippen LogP contribution in [0.5, 0.6) is 0 Å². The van der Waals surface area contributed by atoms with Crippen LogP contribution in [0.3, 0.4) is 0 Å². The first-order chi connectivity index (χ1) is 10.3. The fourth-order valence-corrected chi connectivity index (χ4v) is 2.95. The van der Waals surface area contributed by atoms with Crippen LogP contribution in [-0.2, 0) is 4.79 Å². The van der Waals surface area contributed by atoms with Gasteiger partial charge in [0.15, 0.2) is 0 Å². The average Bonchev–Trinajstić information content (AvgIpc) is 3.01. The molecule has 0 atom stereocenters. The molecule has 0 unspecified atom stereocenters. The van der Waals surface area contributed by atoms with Gasteiger partial charge in [0.2, 0.25) is 0 Å². The lowest BCUT2D eigenvalue weighted by atomic mass is 10.0. The average molecular weight is 301 g/mol. The van der Waals surface area contributed by atoms with Crippen LogP contribution in [0.25, 0.3) is 5.57 Å². The molecular formula is C17H19NO2S. The maximum absolute atomic E-state index is 10.5. The summed E-state index contributed by atoms with van der Waals surface area (Å²) in [5, 5.41) is 10.7. The Hall–Kier alpha value is -1.94. The van der Waals surface area contributed by atoms with Crippen molar-refractivity contribution in [3.63, 3.8) is 0 Å². The topological polar surface area (TPSA) is 50.2 Å². The van der Waals surface area contributed by atoms with E-state index in [2.05, 4.69) is 34.6 Å². The summed E-state index contributed by atoms with van der Waals surface area (Å²) in [6, 6.07) is 8.19. The Morgan fingerprint density at radius 2 is 2.14 bits per heavy atom. The second-order valence-electron chi connectivity index (χ2n) is 4.83. The van der Waals surface area contributed by atoms with Crippen LogP contribution in [-0.4, -0.2) is 16.1 Å². The van der Waals surface area contributed by atoms with Gasteiger partial charge < -0.3 is 5.11 Å². The van der Waals surface area contributed by atoms with Crippen molar-refractivity contribution < 1.29 is 9.90 Å². The predicted molar refractivity (Wildman–Crippen MR) is 86.4 cm³/mol. The van der Waals surface area contributed by atoms with Gasteiger partial charge in [-0.1, -0.05) is 24.6 Å². The molecule has 0 fully saturated rings. The van der Waals surface area contributed by atoms with Crippen molar-refractivity contribution >= 4 is 22.9 Å². The maximum atomic E-state index is 10.5. The molecule has 0 bridgehead atoms. The number of unbranched alkanes of at least 4 members (excludes halogenated alkanes) is 3. The molecule has 0 aliphatic carbocycles. The molecule has 0 saturated heterocycles. The molecule has 2 aromatic rings. The molecule has 110 valence electrons. The van der Waals surface area contributed by atoms with Crippen LogP contribution >= 0.6 is 11.3 Å². The molecule has 0 aromatic carbocycles. The van der Waals surface area contributed by atoms with E-state index in [0.717, 1.165) is 31.2 Å². The standard InChI is InChI=1S/C17H19NO2S/c19-17(20)10-4-2-1-3-8-15(16-9-6-12-21-16)14-7-5-11-18-13-14/h5-9,11-13H,1-4,10H2,(H,19,20). The first kappa shape index (κ1) is 15.4. The van der Waals surface area contributed by atoms with Gasteiger partial charge in [-0.2, -0.15) is 0 Å². The molecular weight excluding hydrogens is 282 g/mol. The second-order valence-corrected chi connectivity index (χ2v) is 5.78. The van der Waals surface area contributed by atoms with Gasteiger partial charge in [0.05, 0.1) is 0 Å². The van der Waals surface area contributed by atoms with Crippen molar-refractivity contribution in [2.45, 2.75) is 32.1 Å². The molecule has 0 amide bonds. The van der Waals surface area contributed by atoms with Gasteiger partial charge in [-0.05, 0) is 42.3 Å². The normalized spacial score (nSPS) is 11.5. The van der Waals surface area contributed by atoms with Gasteiger partial charge in [0.1, 0.15) is 0 Å². The van der Waals surface area contributed by atoms with Crippen molar-refractivity contribution in [3.05, 3.63) is 58.6 Å². The molecule has 0 aliphatic rings. The highest BCUT2D eigenvalue weighted by Gasteiger charge is 2.05. The molecule has 21 heavy (non-hydrogen) atoms. The van der Waals surface area contributed by atoms with E-state index in [-0.39, 0.29) is 6.42 Å². The maximum Gasteiger partial charge on any atom is 0.303 e. The van der Waals surface area contributed by atoms with Crippen LogP contribution in [0.1, 0.15) is 42.5 Å². The van der Waals surface area contributed by atoms with E-state index in [0.29, 0.717) is 0 Å². The number of carboxylic acids is 1. The van der Waals surface area contributed by atoms with Crippen LogP contribution in [0.4, 0.5) is 0 Å². The SMILES string of the molecule is O=C(O)CCCCCC=C(c1cccnc1)c1cccs1. The summed E-state index contributed by atoms with van der Waals surface area (Å²) in [7, 11) is 0. The smallest absolute Gasteiger partial charge is 0.303 e. The van der Waals surface area contributed by atoms with E-state index in [1.807, 2.05) is 12.3 Å². The molecule has 0 spiro atoms. The fourth-order valence-electron chi connectivity index (χ4n) is 2.16. The Kier molecular flexibility index (Phi) is 6.16. The minimum absolute atomic E-state index is 0.268. The van der Waals surface area contributed by atoms with Crippen LogP contribution in [0, 0.1) is 0 Å². The summed E-state index contributed by atoms with van der Waals surface area (Å²) < 4.78 is 0. The molecule has 0 saturated carbocycles. The zero-order chi connectivity index (χ0) is 14.9. The third-order valence-electron chi connectivity index (χ3n) is 3.20. The van der Waals surface area contributed by atoms with E-state index < -0.39 is 5.97 Å². The number of carbonyl (C=O) groups is 1.